The first-order valence-electron chi connectivity index (χ1n) is 11.4. The number of ether oxygens (including phenoxy) is 2. The number of nitrogens with zero attached hydrogens (tertiary/aromatic N) is 1. The molecule has 0 heterocycles. The van der Waals surface area contributed by atoms with Crippen LogP contribution in [0.4, 0.5) is 16.2 Å². The van der Waals surface area contributed by atoms with E-state index in [0.717, 1.165) is 42.0 Å². The number of nitrogens with one attached hydrogen (secondary N) is 2. The molecule has 1 aliphatic carbocycles. The fraction of sp³-hybridized carbons (Fsp3) is 0.259. The Kier molecular flexibility index (Phi) is 7.78. The van der Waals surface area contributed by atoms with Crippen molar-refractivity contribution in [3.05, 3.63) is 90.0 Å². The van der Waals surface area contributed by atoms with E-state index in [1.807, 2.05) is 72.8 Å². The zero-order valence-corrected chi connectivity index (χ0v) is 19.2. The number of hydrogen-bond donors (Lipinski definition) is 2. The van der Waals surface area contributed by atoms with Gasteiger partial charge in [-0.2, -0.15) is 0 Å². The number of para-hydroxylation sites is 2. The predicted octanol–water partition coefficient (Wildman–Crippen LogP) is 4.40. The summed E-state index contributed by atoms with van der Waals surface area (Å²) in [6.07, 6.45) is 2.68. The number of amides is 2. The van der Waals surface area contributed by atoms with Crippen LogP contribution in [0.3, 0.4) is 0 Å². The van der Waals surface area contributed by atoms with Gasteiger partial charge in [-0.1, -0.05) is 48.5 Å². The van der Waals surface area contributed by atoms with Gasteiger partial charge in [-0.05, 0) is 66.6 Å². The standard InChI is InChI=1S/C27H29N3O4/c1-33-26(31)19-34-25-14-8-9-21-17-20(15-16-24(21)25)18-28-29-27(32)30(22-10-4-2-5-11-22)23-12-6-3-7-13-23/h2-14,20,28H,15-19H2,1H3,(H,29,32). The van der Waals surface area contributed by atoms with Crippen LogP contribution < -0.4 is 20.5 Å². The van der Waals surface area contributed by atoms with Crippen molar-refractivity contribution < 1.29 is 19.1 Å². The number of urea groups is 1. The Labute approximate surface area is 199 Å². The van der Waals surface area contributed by atoms with Crippen molar-refractivity contribution in [2.45, 2.75) is 19.3 Å². The molecule has 1 aliphatic rings. The molecule has 2 amide bonds. The van der Waals surface area contributed by atoms with Crippen LogP contribution in [-0.2, 0) is 22.4 Å². The quantitative estimate of drug-likeness (QED) is 0.386. The summed E-state index contributed by atoms with van der Waals surface area (Å²) < 4.78 is 10.3. The molecule has 1 atom stereocenters. The number of methoxy groups -OCH3 is 1. The Hall–Kier alpha value is -3.84. The number of anilines is 2. The summed E-state index contributed by atoms with van der Waals surface area (Å²) >= 11 is 0. The van der Waals surface area contributed by atoms with Gasteiger partial charge >= 0.3 is 12.0 Å². The minimum Gasteiger partial charge on any atom is -0.482 e. The number of carbonyl (C=O) groups excluding carboxylic acids is 2. The molecule has 2 N–H and O–H groups in total. The molecule has 0 spiro atoms. The topological polar surface area (TPSA) is 79.9 Å². The van der Waals surface area contributed by atoms with Crippen LogP contribution in [0.5, 0.6) is 5.75 Å². The van der Waals surface area contributed by atoms with Crippen molar-refractivity contribution in [2.24, 2.45) is 5.92 Å². The van der Waals surface area contributed by atoms with Gasteiger partial charge in [-0.25, -0.2) is 15.0 Å². The summed E-state index contributed by atoms with van der Waals surface area (Å²) in [5.41, 5.74) is 9.93. The normalized spacial score (nSPS) is 14.6. The third-order valence-electron chi connectivity index (χ3n) is 5.93. The van der Waals surface area contributed by atoms with Crippen molar-refractivity contribution >= 4 is 23.4 Å². The highest BCUT2D eigenvalue weighted by molar-refractivity contribution is 5.99. The van der Waals surface area contributed by atoms with Gasteiger partial charge in [0.25, 0.3) is 0 Å². The minimum atomic E-state index is -0.397. The Morgan fingerprint density at radius 3 is 2.26 bits per heavy atom. The molecule has 3 aromatic rings. The van der Waals surface area contributed by atoms with Gasteiger partial charge in [0, 0.05) is 6.54 Å². The van der Waals surface area contributed by atoms with E-state index in [1.54, 1.807) is 4.90 Å². The second-order valence-electron chi connectivity index (χ2n) is 8.19. The number of rotatable bonds is 8. The summed E-state index contributed by atoms with van der Waals surface area (Å²) in [6.45, 7) is 0.555. The molecule has 4 rings (SSSR count). The monoisotopic (exact) mass is 459 g/mol. The average molecular weight is 460 g/mol. The molecule has 176 valence electrons. The van der Waals surface area contributed by atoms with E-state index in [1.165, 1.54) is 12.7 Å². The summed E-state index contributed by atoms with van der Waals surface area (Å²) in [5.74, 6) is 0.709. The van der Waals surface area contributed by atoms with Gasteiger partial charge in [0.15, 0.2) is 6.61 Å². The molecule has 7 heteroatoms. The molecule has 0 fully saturated rings. The highest BCUT2D eigenvalue weighted by atomic mass is 16.6. The molecule has 34 heavy (non-hydrogen) atoms. The van der Waals surface area contributed by atoms with Gasteiger partial charge in [-0.3, -0.25) is 10.3 Å². The van der Waals surface area contributed by atoms with E-state index < -0.39 is 5.97 Å². The molecule has 0 aromatic heterocycles. The molecule has 0 saturated carbocycles. The summed E-state index contributed by atoms with van der Waals surface area (Å²) in [5, 5.41) is 0. The van der Waals surface area contributed by atoms with Crippen LogP contribution in [0.1, 0.15) is 17.5 Å². The van der Waals surface area contributed by atoms with Crippen LogP contribution in [0.15, 0.2) is 78.9 Å². The molecule has 0 aliphatic heterocycles. The molecule has 0 radical (unpaired) electrons. The third-order valence-corrected chi connectivity index (χ3v) is 5.93. The largest absolute Gasteiger partial charge is 0.482 e. The van der Waals surface area contributed by atoms with Gasteiger partial charge in [0.05, 0.1) is 18.5 Å². The lowest BCUT2D eigenvalue weighted by Gasteiger charge is -2.27. The van der Waals surface area contributed by atoms with Gasteiger partial charge in [0.1, 0.15) is 5.75 Å². The van der Waals surface area contributed by atoms with Crippen LogP contribution in [0.25, 0.3) is 0 Å². The smallest absolute Gasteiger partial charge is 0.343 e. The van der Waals surface area contributed by atoms with Crippen LogP contribution in [0.2, 0.25) is 0 Å². The molecule has 1 unspecified atom stereocenters. The fourth-order valence-electron chi connectivity index (χ4n) is 4.22. The van der Waals surface area contributed by atoms with Crippen LogP contribution in [0, 0.1) is 5.92 Å². The number of hydrogen-bond acceptors (Lipinski definition) is 5. The van der Waals surface area contributed by atoms with E-state index in [2.05, 4.69) is 21.7 Å². The minimum absolute atomic E-state index is 0.0940. The van der Waals surface area contributed by atoms with Crippen molar-refractivity contribution in [1.82, 2.24) is 10.9 Å². The summed E-state index contributed by atoms with van der Waals surface area (Å²) in [6, 6.07) is 24.8. The van der Waals surface area contributed by atoms with Crippen molar-refractivity contribution in [2.75, 3.05) is 25.2 Å². The molecule has 3 aromatic carbocycles. The Morgan fingerprint density at radius 1 is 0.941 bits per heavy atom. The molecular weight excluding hydrogens is 430 g/mol. The highest BCUT2D eigenvalue weighted by Crippen LogP contribution is 2.32. The average Bonchev–Trinajstić information content (AvgIpc) is 2.88. The van der Waals surface area contributed by atoms with E-state index >= 15 is 0 Å². The van der Waals surface area contributed by atoms with Crippen molar-refractivity contribution in [1.29, 1.82) is 0 Å². The SMILES string of the molecule is COC(=O)COc1cccc2c1CCC(CNNC(=O)N(c1ccccc1)c1ccccc1)C2. The van der Waals surface area contributed by atoms with E-state index in [-0.39, 0.29) is 12.6 Å². The number of hydrazine groups is 1. The lowest BCUT2D eigenvalue weighted by molar-refractivity contribution is -0.142. The Morgan fingerprint density at radius 2 is 1.62 bits per heavy atom. The first-order valence-corrected chi connectivity index (χ1v) is 11.4. The Bertz CT molecular complexity index is 1070. The highest BCUT2D eigenvalue weighted by Gasteiger charge is 2.23. The number of fused-ring (bicyclic) bond motifs is 1. The third kappa shape index (κ3) is 5.74. The molecule has 0 bridgehead atoms. The van der Waals surface area contributed by atoms with E-state index in [0.29, 0.717) is 12.5 Å². The van der Waals surface area contributed by atoms with Gasteiger partial charge in [-0.15, -0.1) is 0 Å². The van der Waals surface area contributed by atoms with E-state index in [4.69, 9.17) is 4.74 Å². The lowest BCUT2D eigenvalue weighted by Crippen LogP contribution is -2.47. The first kappa shape index (κ1) is 23.3. The van der Waals surface area contributed by atoms with Crippen molar-refractivity contribution in [3.63, 3.8) is 0 Å². The summed E-state index contributed by atoms with van der Waals surface area (Å²) in [7, 11) is 1.35. The fourth-order valence-corrected chi connectivity index (χ4v) is 4.22. The second-order valence-corrected chi connectivity index (χ2v) is 8.19. The number of benzene rings is 3. The molecular formula is C27H29N3O4. The van der Waals surface area contributed by atoms with E-state index in [9.17, 15) is 9.59 Å². The maximum Gasteiger partial charge on any atom is 0.343 e. The molecule has 0 saturated heterocycles. The lowest BCUT2D eigenvalue weighted by atomic mass is 9.83. The summed E-state index contributed by atoms with van der Waals surface area (Å²) in [4.78, 5) is 26.1. The van der Waals surface area contributed by atoms with Gasteiger partial charge < -0.3 is 9.47 Å². The second kappa shape index (κ2) is 11.3. The number of carbonyl (C=O) groups is 2. The molecule has 7 nitrogen and oxygen atoms in total. The number of esters is 1. The van der Waals surface area contributed by atoms with Crippen LogP contribution >= 0.6 is 0 Å². The predicted molar refractivity (Wildman–Crippen MR) is 131 cm³/mol. The van der Waals surface area contributed by atoms with Gasteiger partial charge in [0.2, 0.25) is 0 Å². The maximum absolute atomic E-state index is 13.1. The van der Waals surface area contributed by atoms with Crippen LogP contribution in [-0.4, -0.2) is 32.3 Å². The van der Waals surface area contributed by atoms with Crippen molar-refractivity contribution in [3.8, 4) is 5.75 Å². The zero-order chi connectivity index (χ0) is 23.8. The first-order chi connectivity index (χ1) is 16.7. The zero-order valence-electron chi connectivity index (χ0n) is 19.2. The maximum atomic E-state index is 13.1. The Balaban J connectivity index is 1.35.